The Morgan fingerprint density at radius 2 is 1.57 bits per heavy atom. The highest BCUT2D eigenvalue weighted by atomic mass is 16.4. The SMILES string of the molecule is O=C(O)c1nc(-c2cccnc2)ccc1-c1cccnc1. The van der Waals surface area contributed by atoms with Crippen molar-refractivity contribution in [2.24, 2.45) is 0 Å². The van der Waals surface area contributed by atoms with E-state index in [0.29, 0.717) is 11.3 Å². The highest BCUT2D eigenvalue weighted by Crippen LogP contribution is 2.25. The fourth-order valence-corrected chi connectivity index (χ4v) is 2.05. The maximum absolute atomic E-state index is 11.5. The third-order valence-electron chi connectivity index (χ3n) is 3.03. The van der Waals surface area contributed by atoms with Crippen LogP contribution in [0.5, 0.6) is 0 Å². The van der Waals surface area contributed by atoms with Crippen LogP contribution in [-0.4, -0.2) is 26.0 Å². The van der Waals surface area contributed by atoms with E-state index in [2.05, 4.69) is 15.0 Å². The molecule has 0 amide bonds. The Hall–Kier alpha value is -3.08. The van der Waals surface area contributed by atoms with Crippen molar-refractivity contribution in [3.8, 4) is 22.4 Å². The summed E-state index contributed by atoms with van der Waals surface area (Å²) in [4.78, 5) is 23.8. The second-order valence-electron chi connectivity index (χ2n) is 4.38. The van der Waals surface area contributed by atoms with Gasteiger partial charge in [0.05, 0.1) is 5.69 Å². The number of carboxylic acid groups (broad SMARTS) is 1. The monoisotopic (exact) mass is 277 g/mol. The fraction of sp³-hybridized carbons (Fsp3) is 0. The molecule has 0 spiro atoms. The molecule has 3 aromatic heterocycles. The number of rotatable bonds is 3. The minimum absolute atomic E-state index is 0.00403. The summed E-state index contributed by atoms with van der Waals surface area (Å²) in [6, 6.07) is 10.7. The highest BCUT2D eigenvalue weighted by molar-refractivity contribution is 5.94. The van der Waals surface area contributed by atoms with Crippen LogP contribution in [0.1, 0.15) is 10.5 Å². The molecule has 5 heteroatoms. The zero-order valence-electron chi connectivity index (χ0n) is 11.0. The summed E-state index contributed by atoms with van der Waals surface area (Å²) >= 11 is 0. The number of carbonyl (C=O) groups is 1. The van der Waals surface area contributed by atoms with E-state index in [9.17, 15) is 9.90 Å². The Balaban J connectivity index is 2.14. The number of aromatic carboxylic acids is 1. The van der Waals surface area contributed by atoms with Crippen LogP contribution >= 0.6 is 0 Å². The molecule has 21 heavy (non-hydrogen) atoms. The van der Waals surface area contributed by atoms with Crippen LogP contribution in [-0.2, 0) is 0 Å². The molecule has 5 nitrogen and oxygen atoms in total. The van der Waals surface area contributed by atoms with Gasteiger partial charge in [0.15, 0.2) is 5.69 Å². The molecule has 0 aliphatic heterocycles. The van der Waals surface area contributed by atoms with Gasteiger partial charge in [0.25, 0.3) is 0 Å². The second kappa shape index (κ2) is 5.50. The maximum Gasteiger partial charge on any atom is 0.355 e. The normalized spacial score (nSPS) is 10.3. The fourth-order valence-electron chi connectivity index (χ4n) is 2.05. The number of nitrogens with zero attached hydrogens (tertiary/aromatic N) is 3. The summed E-state index contributed by atoms with van der Waals surface area (Å²) in [6.07, 6.45) is 6.57. The summed E-state index contributed by atoms with van der Waals surface area (Å²) in [7, 11) is 0. The Bertz CT molecular complexity index is 774. The Morgan fingerprint density at radius 1 is 0.905 bits per heavy atom. The zero-order chi connectivity index (χ0) is 14.7. The van der Waals surface area contributed by atoms with Crippen LogP contribution in [0.3, 0.4) is 0 Å². The lowest BCUT2D eigenvalue weighted by atomic mass is 10.0. The van der Waals surface area contributed by atoms with E-state index in [1.807, 2.05) is 6.07 Å². The molecule has 0 saturated heterocycles. The van der Waals surface area contributed by atoms with Gasteiger partial charge in [0.1, 0.15) is 0 Å². The van der Waals surface area contributed by atoms with Gasteiger partial charge in [-0.3, -0.25) is 9.97 Å². The van der Waals surface area contributed by atoms with Crippen molar-refractivity contribution in [1.29, 1.82) is 0 Å². The summed E-state index contributed by atoms with van der Waals surface area (Å²) < 4.78 is 0. The molecule has 0 aromatic carbocycles. The largest absolute Gasteiger partial charge is 0.476 e. The molecule has 3 heterocycles. The van der Waals surface area contributed by atoms with E-state index in [1.54, 1.807) is 55.1 Å². The molecule has 3 aromatic rings. The van der Waals surface area contributed by atoms with E-state index in [-0.39, 0.29) is 5.69 Å². The van der Waals surface area contributed by atoms with Crippen LogP contribution in [0.2, 0.25) is 0 Å². The average molecular weight is 277 g/mol. The van der Waals surface area contributed by atoms with E-state index < -0.39 is 5.97 Å². The lowest BCUT2D eigenvalue weighted by Crippen LogP contribution is -2.04. The van der Waals surface area contributed by atoms with Crippen molar-refractivity contribution in [3.63, 3.8) is 0 Å². The number of hydrogen-bond donors (Lipinski definition) is 1. The Kier molecular flexibility index (Phi) is 3.39. The standard InChI is InChI=1S/C16H11N3O2/c20-16(21)15-13(11-3-1-7-17-9-11)5-6-14(19-15)12-4-2-8-18-10-12/h1-10H,(H,20,21). The number of pyridine rings is 3. The van der Waals surface area contributed by atoms with Crippen molar-refractivity contribution in [2.75, 3.05) is 0 Å². The van der Waals surface area contributed by atoms with Gasteiger partial charge in [-0.1, -0.05) is 6.07 Å². The van der Waals surface area contributed by atoms with Gasteiger partial charge in [-0.05, 0) is 30.3 Å². The molecule has 0 atom stereocenters. The van der Waals surface area contributed by atoms with Crippen molar-refractivity contribution in [2.45, 2.75) is 0 Å². The first-order chi connectivity index (χ1) is 10.3. The quantitative estimate of drug-likeness (QED) is 0.796. The molecule has 3 rings (SSSR count). The van der Waals surface area contributed by atoms with Gasteiger partial charge in [0.2, 0.25) is 0 Å². The molecule has 0 saturated carbocycles. The third-order valence-corrected chi connectivity index (χ3v) is 3.03. The lowest BCUT2D eigenvalue weighted by molar-refractivity contribution is 0.0691. The zero-order valence-corrected chi connectivity index (χ0v) is 11.0. The second-order valence-corrected chi connectivity index (χ2v) is 4.38. The smallest absolute Gasteiger partial charge is 0.355 e. The molecule has 0 aliphatic carbocycles. The van der Waals surface area contributed by atoms with Gasteiger partial charge in [-0.25, -0.2) is 9.78 Å². The van der Waals surface area contributed by atoms with E-state index in [0.717, 1.165) is 11.1 Å². The maximum atomic E-state index is 11.5. The van der Waals surface area contributed by atoms with Crippen molar-refractivity contribution >= 4 is 5.97 Å². The number of hydrogen-bond acceptors (Lipinski definition) is 4. The van der Waals surface area contributed by atoms with Gasteiger partial charge < -0.3 is 5.11 Å². The lowest BCUT2D eigenvalue weighted by Gasteiger charge is -2.08. The molecule has 0 aliphatic rings. The molecule has 0 radical (unpaired) electrons. The minimum atomic E-state index is -1.07. The van der Waals surface area contributed by atoms with E-state index in [1.165, 1.54) is 0 Å². The topological polar surface area (TPSA) is 76.0 Å². The van der Waals surface area contributed by atoms with Crippen LogP contribution in [0.15, 0.2) is 61.2 Å². The average Bonchev–Trinajstić information content (AvgIpc) is 2.56. The van der Waals surface area contributed by atoms with Crippen molar-refractivity contribution in [3.05, 3.63) is 66.9 Å². The van der Waals surface area contributed by atoms with E-state index >= 15 is 0 Å². The van der Waals surface area contributed by atoms with Crippen molar-refractivity contribution in [1.82, 2.24) is 15.0 Å². The molecule has 0 fully saturated rings. The van der Waals surface area contributed by atoms with Crippen LogP contribution in [0, 0.1) is 0 Å². The first-order valence-corrected chi connectivity index (χ1v) is 6.31. The molecule has 0 bridgehead atoms. The van der Waals surface area contributed by atoms with Crippen LogP contribution in [0.25, 0.3) is 22.4 Å². The van der Waals surface area contributed by atoms with Crippen molar-refractivity contribution < 1.29 is 9.90 Å². The summed E-state index contributed by atoms with van der Waals surface area (Å²) in [6.45, 7) is 0. The van der Waals surface area contributed by atoms with Crippen LogP contribution in [0.4, 0.5) is 0 Å². The van der Waals surface area contributed by atoms with Gasteiger partial charge in [0, 0.05) is 41.5 Å². The summed E-state index contributed by atoms with van der Waals surface area (Å²) in [5.74, 6) is -1.07. The van der Waals surface area contributed by atoms with Gasteiger partial charge in [-0.2, -0.15) is 0 Å². The number of carboxylic acids is 1. The predicted octanol–water partition coefficient (Wildman–Crippen LogP) is 2.90. The molecule has 1 N–H and O–H groups in total. The summed E-state index contributed by atoms with van der Waals surface area (Å²) in [5, 5.41) is 9.40. The highest BCUT2D eigenvalue weighted by Gasteiger charge is 2.15. The molecule has 0 unspecified atom stereocenters. The Morgan fingerprint density at radius 3 is 2.14 bits per heavy atom. The number of aromatic nitrogens is 3. The molecule has 102 valence electrons. The minimum Gasteiger partial charge on any atom is -0.476 e. The first kappa shape index (κ1) is 12.9. The molecular weight excluding hydrogens is 266 g/mol. The van der Waals surface area contributed by atoms with Crippen LogP contribution < -0.4 is 0 Å². The van der Waals surface area contributed by atoms with Gasteiger partial charge in [-0.15, -0.1) is 0 Å². The van der Waals surface area contributed by atoms with Gasteiger partial charge >= 0.3 is 5.97 Å². The van der Waals surface area contributed by atoms with E-state index in [4.69, 9.17) is 0 Å². The third kappa shape index (κ3) is 2.62. The predicted molar refractivity (Wildman–Crippen MR) is 77.7 cm³/mol. The first-order valence-electron chi connectivity index (χ1n) is 6.31. The molecular formula is C16H11N3O2. The Labute approximate surface area is 121 Å². The summed E-state index contributed by atoms with van der Waals surface area (Å²) in [5.41, 5.74) is 2.62.